The third-order valence-corrected chi connectivity index (χ3v) is 3.68. The quantitative estimate of drug-likeness (QED) is 0.784. The molecule has 0 saturated carbocycles. The number of primary amides is 1. The maximum absolute atomic E-state index is 11.2. The number of hydrogen-bond acceptors (Lipinski definition) is 4. The summed E-state index contributed by atoms with van der Waals surface area (Å²) in [6.07, 6.45) is 0.803. The first kappa shape index (κ1) is 15.4. The highest BCUT2D eigenvalue weighted by Crippen LogP contribution is 2.23. The molecule has 0 aromatic heterocycles. The SMILES string of the molecule is COc1ccc(C#CCO)c(CN2CCC(C(N)=O)C2)c1. The van der Waals surface area contributed by atoms with E-state index in [0.29, 0.717) is 13.1 Å². The molecule has 21 heavy (non-hydrogen) atoms. The van der Waals surface area contributed by atoms with Crippen molar-refractivity contribution in [2.45, 2.75) is 13.0 Å². The van der Waals surface area contributed by atoms with Crippen molar-refractivity contribution in [3.05, 3.63) is 29.3 Å². The van der Waals surface area contributed by atoms with E-state index in [1.807, 2.05) is 18.2 Å². The fourth-order valence-corrected chi connectivity index (χ4v) is 2.53. The highest BCUT2D eigenvalue weighted by molar-refractivity contribution is 5.77. The molecule has 5 heteroatoms. The Morgan fingerprint density at radius 1 is 1.57 bits per heavy atom. The molecule has 1 atom stereocenters. The molecule has 1 unspecified atom stereocenters. The maximum Gasteiger partial charge on any atom is 0.221 e. The van der Waals surface area contributed by atoms with Crippen molar-refractivity contribution in [2.24, 2.45) is 11.7 Å². The molecule has 3 N–H and O–H groups in total. The van der Waals surface area contributed by atoms with Crippen molar-refractivity contribution in [1.82, 2.24) is 4.90 Å². The molecule has 1 amide bonds. The van der Waals surface area contributed by atoms with E-state index in [1.165, 1.54) is 0 Å². The summed E-state index contributed by atoms with van der Waals surface area (Å²) >= 11 is 0. The zero-order valence-corrected chi connectivity index (χ0v) is 12.1. The number of nitrogens with zero attached hydrogens (tertiary/aromatic N) is 1. The normalized spacial score (nSPS) is 18.1. The van der Waals surface area contributed by atoms with E-state index in [1.54, 1.807) is 7.11 Å². The van der Waals surface area contributed by atoms with E-state index in [2.05, 4.69) is 16.7 Å². The van der Waals surface area contributed by atoms with Gasteiger partial charge in [0, 0.05) is 18.7 Å². The molecule has 0 aliphatic carbocycles. The molecule has 0 bridgehead atoms. The highest BCUT2D eigenvalue weighted by Gasteiger charge is 2.26. The minimum absolute atomic E-state index is 0.0671. The van der Waals surface area contributed by atoms with E-state index in [0.717, 1.165) is 29.8 Å². The fraction of sp³-hybridized carbons (Fsp3) is 0.438. The van der Waals surface area contributed by atoms with Gasteiger partial charge in [-0.15, -0.1) is 0 Å². The number of benzene rings is 1. The molecule has 1 aromatic rings. The third-order valence-electron chi connectivity index (χ3n) is 3.68. The smallest absolute Gasteiger partial charge is 0.221 e. The summed E-state index contributed by atoms with van der Waals surface area (Å²) in [5.74, 6) is 6.08. The van der Waals surface area contributed by atoms with Crippen LogP contribution < -0.4 is 10.5 Å². The van der Waals surface area contributed by atoms with E-state index >= 15 is 0 Å². The Balaban J connectivity index is 2.16. The van der Waals surface area contributed by atoms with Gasteiger partial charge in [0.25, 0.3) is 0 Å². The van der Waals surface area contributed by atoms with Crippen LogP contribution in [-0.4, -0.2) is 42.7 Å². The molecule has 1 saturated heterocycles. The first-order valence-electron chi connectivity index (χ1n) is 6.92. The number of aliphatic hydroxyl groups excluding tert-OH is 1. The van der Waals surface area contributed by atoms with Crippen molar-refractivity contribution >= 4 is 5.91 Å². The second-order valence-corrected chi connectivity index (χ2v) is 5.11. The predicted molar refractivity (Wildman–Crippen MR) is 79.5 cm³/mol. The number of rotatable bonds is 4. The molecule has 1 aliphatic heterocycles. The largest absolute Gasteiger partial charge is 0.497 e. The molecule has 1 aliphatic rings. The summed E-state index contributed by atoms with van der Waals surface area (Å²) in [6, 6.07) is 5.68. The first-order chi connectivity index (χ1) is 10.1. The average Bonchev–Trinajstić information content (AvgIpc) is 2.94. The Morgan fingerprint density at radius 2 is 2.38 bits per heavy atom. The minimum Gasteiger partial charge on any atom is -0.497 e. The van der Waals surface area contributed by atoms with Gasteiger partial charge < -0.3 is 15.6 Å². The number of nitrogens with two attached hydrogens (primary N) is 1. The Hall–Kier alpha value is -2.03. The fourth-order valence-electron chi connectivity index (χ4n) is 2.53. The van der Waals surface area contributed by atoms with Gasteiger partial charge in [-0.25, -0.2) is 0 Å². The molecule has 1 fully saturated rings. The van der Waals surface area contributed by atoms with Crippen LogP contribution in [0, 0.1) is 17.8 Å². The van der Waals surface area contributed by atoms with Gasteiger partial charge in [0.1, 0.15) is 12.4 Å². The monoisotopic (exact) mass is 288 g/mol. The Bertz CT molecular complexity index is 575. The summed E-state index contributed by atoms with van der Waals surface area (Å²) < 4.78 is 5.25. The standard InChI is InChI=1S/C16H20N2O3/c1-21-15-5-4-12(3-2-8-19)14(9-15)11-18-7-6-13(10-18)16(17)20/h4-5,9,13,19H,6-8,10-11H2,1H3,(H2,17,20). The van der Waals surface area contributed by atoms with Gasteiger partial charge in [0.2, 0.25) is 5.91 Å². The minimum atomic E-state index is -0.233. The lowest BCUT2D eigenvalue weighted by atomic mass is 10.1. The van der Waals surface area contributed by atoms with Crippen LogP contribution in [-0.2, 0) is 11.3 Å². The van der Waals surface area contributed by atoms with Gasteiger partial charge in [-0.2, -0.15) is 0 Å². The van der Waals surface area contributed by atoms with Gasteiger partial charge in [-0.05, 0) is 36.7 Å². The summed E-state index contributed by atoms with van der Waals surface area (Å²) in [7, 11) is 1.62. The van der Waals surface area contributed by atoms with Gasteiger partial charge in [-0.3, -0.25) is 9.69 Å². The Morgan fingerprint density at radius 3 is 3.00 bits per heavy atom. The summed E-state index contributed by atoms with van der Waals surface area (Å²) in [6.45, 7) is 2.05. The van der Waals surface area contributed by atoms with Crippen molar-refractivity contribution in [3.63, 3.8) is 0 Å². The number of hydrogen-bond donors (Lipinski definition) is 2. The number of amides is 1. The van der Waals surface area contributed by atoms with Crippen LogP contribution in [0.2, 0.25) is 0 Å². The lowest BCUT2D eigenvalue weighted by Gasteiger charge is -2.17. The molecule has 0 radical (unpaired) electrons. The van der Waals surface area contributed by atoms with Gasteiger partial charge >= 0.3 is 0 Å². The zero-order valence-electron chi connectivity index (χ0n) is 12.1. The Kier molecular flexibility index (Phi) is 5.20. The molecule has 1 aromatic carbocycles. The molecule has 5 nitrogen and oxygen atoms in total. The number of methoxy groups -OCH3 is 1. The van der Waals surface area contributed by atoms with Crippen LogP contribution >= 0.6 is 0 Å². The number of ether oxygens (including phenoxy) is 1. The molecule has 1 heterocycles. The molecule has 2 rings (SSSR count). The number of carbonyl (C=O) groups is 1. The van der Waals surface area contributed by atoms with Crippen molar-refractivity contribution < 1.29 is 14.6 Å². The first-order valence-corrected chi connectivity index (χ1v) is 6.92. The summed E-state index contributed by atoms with van der Waals surface area (Å²) in [5, 5.41) is 8.84. The highest BCUT2D eigenvalue weighted by atomic mass is 16.5. The third kappa shape index (κ3) is 3.97. The predicted octanol–water partition coefficient (Wildman–Crippen LogP) is 0.346. The van der Waals surface area contributed by atoms with Crippen LogP contribution in [0.1, 0.15) is 17.5 Å². The van der Waals surface area contributed by atoms with Crippen molar-refractivity contribution in [2.75, 3.05) is 26.8 Å². The van der Waals surface area contributed by atoms with Crippen LogP contribution in [0.5, 0.6) is 5.75 Å². The zero-order chi connectivity index (χ0) is 15.2. The number of carbonyl (C=O) groups excluding carboxylic acids is 1. The van der Waals surface area contributed by atoms with E-state index < -0.39 is 0 Å². The van der Waals surface area contributed by atoms with Crippen LogP contribution in [0.3, 0.4) is 0 Å². The van der Waals surface area contributed by atoms with Crippen molar-refractivity contribution in [3.8, 4) is 17.6 Å². The number of aliphatic hydroxyl groups is 1. The topological polar surface area (TPSA) is 75.8 Å². The van der Waals surface area contributed by atoms with Gasteiger partial charge in [0.05, 0.1) is 13.0 Å². The van der Waals surface area contributed by atoms with Crippen LogP contribution in [0.15, 0.2) is 18.2 Å². The summed E-state index contributed by atoms with van der Waals surface area (Å²) in [4.78, 5) is 13.4. The lowest BCUT2D eigenvalue weighted by molar-refractivity contribution is -0.121. The van der Waals surface area contributed by atoms with Crippen molar-refractivity contribution in [1.29, 1.82) is 0 Å². The van der Waals surface area contributed by atoms with Gasteiger partial charge in [0.15, 0.2) is 0 Å². The summed E-state index contributed by atoms with van der Waals surface area (Å²) in [5.41, 5.74) is 7.25. The van der Waals surface area contributed by atoms with E-state index in [-0.39, 0.29) is 18.4 Å². The molecular weight excluding hydrogens is 268 g/mol. The molecular formula is C16H20N2O3. The molecule has 0 spiro atoms. The second kappa shape index (κ2) is 7.11. The van der Waals surface area contributed by atoms with Crippen LogP contribution in [0.25, 0.3) is 0 Å². The van der Waals surface area contributed by atoms with Gasteiger partial charge in [-0.1, -0.05) is 11.8 Å². The van der Waals surface area contributed by atoms with Crippen LogP contribution in [0.4, 0.5) is 0 Å². The number of likely N-dealkylation sites (tertiary alicyclic amines) is 1. The van der Waals surface area contributed by atoms with E-state index in [9.17, 15) is 4.79 Å². The van der Waals surface area contributed by atoms with E-state index in [4.69, 9.17) is 15.6 Å². The lowest BCUT2D eigenvalue weighted by Crippen LogP contribution is -2.27. The maximum atomic E-state index is 11.2. The Labute approximate surface area is 124 Å². The average molecular weight is 288 g/mol. The second-order valence-electron chi connectivity index (χ2n) is 5.11. The molecule has 112 valence electrons.